The van der Waals surface area contributed by atoms with E-state index in [4.69, 9.17) is 4.74 Å². The molecular formula is C23H22N2O2. The van der Waals surface area contributed by atoms with Crippen LogP contribution in [0, 0.1) is 0 Å². The van der Waals surface area contributed by atoms with Gasteiger partial charge in [0.2, 0.25) is 5.91 Å². The Morgan fingerprint density at radius 1 is 0.852 bits per heavy atom. The summed E-state index contributed by atoms with van der Waals surface area (Å²) in [4.78, 5) is 12.5. The molecule has 4 heteroatoms. The minimum absolute atomic E-state index is 0.00403. The predicted octanol–water partition coefficient (Wildman–Crippen LogP) is 3.92. The van der Waals surface area contributed by atoms with Gasteiger partial charge in [-0.15, -0.1) is 0 Å². The second kappa shape index (κ2) is 8.06. The van der Waals surface area contributed by atoms with Gasteiger partial charge < -0.3 is 15.4 Å². The van der Waals surface area contributed by atoms with Crippen molar-refractivity contribution < 1.29 is 9.53 Å². The van der Waals surface area contributed by atoms with Crippen molar-refractivity contribution in [2.75, 3.05) is 5.32 Å². The van der Waals surface area contributed by atoms with Crippen LogP contribution in [0.1, 0.15) is 16.7 Å². The van der Waals surface area contributed by atoms with Gasteiger partial charge in [0.1, 0.15) is 12.4 Å². The molecule has 0 radical (unpaired) electrons. The first-order valence-electron chi connectivity index (χ1n) is 9.16. The van der Waals surface area contributed by atoms with Crippen LogP contribution < -0.4 is 15.4 Å². The molecule has 0 aromatic heterocycles. The number of hydrogen-bond acceptors (Lipinski definition) is 3. The van der Waals surface area contributed by atoms with Gasteiger partial charge in [0, 0.05) is 12.2 Å². The van der Waals surface area contributed by atoms with Crippen molar-refractivity contribution in [1.29, 1.82) is 0 Å². The van der Waals surface area contributed by atoms with E-state index < -0.39 is 0 Å². The standard InChI is InChI=1S/C23H22N2O2/c26-23-22(24-15-19-8-4-5-9-21(19)25-23)14-17-10-12-20(13-11-17)27-16-18-6-2-1-3-7-18/h1-13,22,24H,14-16H2,(H,25,26)/t22-/m0/s1. The molecule has 27 heavy (non-hydrogen) atoms. The highest BCUT2D eigenvalue weighted by Gasteiger charge is 2.23. The predicted molar refractivity (Wildman–Crippen MR) is 107 cm³/mol. The minimum Gasteiger partial charge on any atom is -0.489 e. The van der Waals surface area contributed by atoms with Crippen molar-refractivity contribution in [2.45, 2.75) is 25.6 Å². The molecule has 0 saturated carbocycles. The topological polar surface area (TPSA) is 50.4 Å². The largest absolute Gasteiger partial charge is 0.489 e. The van der Waals surface area contributed by atoms with E-state index in [1.54, 1.807) is 0 Å². The van der Waals surface area contributed by atoms with E-state index >= 15 is 0 Å². The second-order valence-corrected chi connectivity index (χ2v) is 6.70. The number of nitrogens with one attached hydrogen (secondary N) is 2. The summed E-state index contributed by atoms with van der Waals surface area (Å²) >= 11 is 0. The Bertz CT molecular complexity index is 907. The van der Waals surface area contributed by atoms with E-state index in [1.165, 1.54) is 0 Å². The Morgan fingerprint density at radius 3 is 2.41 bits per heavy atom. The van der Waals surface area contributed by atoms with Gasteiger partial charge in [-0.1, -0.05) is 60.7 Å². The number of anilines is 1. The molecule has 2 N–H and O–H groups in total. The number of para-hydroxylation sites is 1. The maximum atomic E-state index is 12.5. The zero-order chi connectivity index (χ0) is 18.5. The molecule has 3 aromatic rings. The Kier molecular flexibility index (Phi) is 5.17. The molecule has 0 unspecified atom stereocenters. The molecule has 4 rings (SSSR count). The molecule has 1 aliphatic heterocycles. The first kappa shape index (κ1) is 17.3. The van der Waals surface area contributed by atoms with Crippen LogP contribution in [0.2, 0.25) is 0 Å². The molecule has 1 atom stereocenters. The summed E-state index contributed by atoms with van der Waals surface area (Å²) in [5.74, 6) is 0.831. The number of carbonyl (C=O) groups excluding carboxylic acids is 1. The lowest BCUT2D eigenvalue weighted by atomic mass is 10.1. The molecule has 0 saturated heterocycles. The molecule has 1 amide bonds. The highest BCUT2D eigenvalue weighted by atomic mass is 16.5. The van der Waals surface area contributed by atoms with Gasteiger partial charge in [-0.2, -0.15) is 0 Å². The van der Waals surface area contributed by atoms with Crippen LogP contribution in [0.25, 0.3) is 0 Å². The third-order valence-corrected chi connectivity index (χ3v) is 4.74. The molecule has 0 bridgehead atoms. The van der Waals surface area contributed by atoms with E-state index in [0.29, 0.717) is 19.6 Å². The van der Waals surface area contributed by atoms with E-state index in [9.17, 15) is 4.79 Å². The van der Waals surface area contributed by atoms with Crippen molar-refractivity contribution in [3.63, 3.8) is 0 Å². The summed E-state index contributed by atoms with van der Waals surface area (Å²) in [5, 5.41) is 6.37. The molecule has 0 spiro atoms. The normalized spacial score (nSPS) is 16.1. The third kappa shape index (κ3) is 4.36. The van der Waals surface area contributed by atoms with Crippen molar-refractivity contribution in [1.82, 2.24) is 5.32 Å². The van der Waals surface area contributed by atoms with E-state index in [2.05, 4.69) is 10.6 Å². The highest BCUT2D eigenvalue weighted by Crippen LogP contribution is 2.20. The Balaban J connectivity index is 1.36. The number of fused-ring (bicyclic) bond motifs is 1. The number of carbonyl (C=O) groups is 1. The third-order valence-electron chi connectivity index (χ3n) is 4.74. The lowest BCUT2D eigenvalue weighted by Crippen LogP contribution is -2.39. The molecule has 1 aliphatic rings. The van der Waals surface area contributed by atoms with Crippen LogP contribution in [0.15, 0.2) is 78.9 Å². The van der Waals surface area contributed by atoms with E-state index in [0.717, 1.165) is 28.1 Å². The molecule has 1 heterocycles. The van der Waals surface area contributed by atoms with Gasteiger partial charge in [0.05, 0.1) is 6.04 Å². The lowest BCUT2D eigenvalue weighted by molar-refractivity contribution is -0.118. The van der Waals surface area contributed by atoms with Crippen LogP contribution in [-0.4, -0.2) is 11.9 Å². The molecule has 4 nitrogen and oxygen atoms in total. The molecule has 0 fully saturated rings. The maximum absolute atomic E-state index is 12.5. The maximum Gasteiger partial charge on any atom is 0.241 e. The number of ether oxygens (including phenoxy) is 1. The van der Waals surface area contributed by atoms with Gasteiger partial charge in [-0.3, -0.25) is 4.79 Å². The van der Waals surface area contributed by atoms with Gasteiger partial charge in [-0.25, -0.2) is 0 Å². The SMILES string of the molecule is O=C1Nc2ccccc2CN[C@H]1Cc1ccc(OCc2ccccc2)cc1. The Morgan fingerprint density at radius 2 is 1.59 bits per heavy atom. The average Bonchev–Trinajstić information content (AvgIpc) is 2.87. The van der Waals surface area contributed by atoms with Crippen LogP contribution in [0.3, 0.4) is 0 Å². The summed E-state index contributed by atoms with van der Waals surface area (Å²) in [7, 11) is 0. The lowest BCUT2D eigenvalue weighted by Gasteiger charge is -2.15. The fourth-order valence-corrected chi connectivity index (χ4v) is 3.21. The van der Waals surface area contributed by atoms with Gasteiger partial charge in [-0.05, 0) is 41.3 Å². The molecule has 136 valence electrons. The summed E-state index contributed by atoms with van der Waals surface area (Å²) in [6.07, 6.45) is 0.638. The zero-order valence-electron chi connectivity index (χ0n) is 15.0. The van der Waals surface area contributed by atoms with Crippen LogP contribution >= 0.6 is 0 Å². The van der Waals surface area contributed by atoms with Crippen molar-refractivity contribution in [3.05, 3.63) is 95.6 Å². The number of hydrogen-bond donors (Lipinski definition) is 2. The van der Waals surface area contributed by atoms with Gasteiger partial charge in [0.15, 0.2) is 0 Å². The van der Waals surface area contributed by atoms with Crippen molar-refractivity contribution >= 4 is 11.6 Å². The summed E-state index contributed by atoms with van der Waals surface area (Å²) in [6.45, 7) is 1.23. The number of benzene rings is 3. The summed E-state index contributed by atoms with van der Waals surface area (Å²) < 4.78 is 5.83. The van der Waals surface area contributed by atoms with Crippen LogP contribution in [-0.2, 0) is 24.4 Å². The van der Waals surface area contributed by atoms with Crippen molar-refractivity contribution in [2.24, 2.45) is 0 Å². The molecular weight excluding hydrogens is 336 g/mol. The zero-order valence-corrected chi connectivity index (χ0v) is 15.0. The fourth-order valence-electron chi connectivity index (χ4n) is 3.21. The van der Waals surface area contributed by atoms with E-state index in [1.807, 2.05) is 78.9 Å². The second-order valence-electron chi connectivity index (χ2n) is 6.70. The Labute approximate surface area is 159 Å². The van der Waals surface area contributed by atoms with Crippen molar-refractivity contribution in [3.8, 4) is 5.75 Å². The monoisotopic (exact) mass is 358 g/mol. The molecule has 3 aromatic carbocycles. The van der Waals surface area contributed by atoms with Crippen LogP contribution in [0.4, 0.5) is 5.69 Å². The highest BCUT2D eigenvalue weighted by molar-refractivity contribution is 5.96. The number of rotatable bonds is 5. The Hall–Kier alpha value is -3.11. The average molecular weight is 358 g/mol. The van der Waals surface area contributed by atoms with Gasteiger partial charge in [0.25, 0.3) is 0 Å². The van der Waals surface area contributed by atoms with Crippen LogP contribution in [0.5, 0.6) is 5.75 Å². The summed E-state index contributed by atoms with van der Waals surface area (Å²) in [6, 6.07) is 25.7. The first-order valence-corrected chi connectivity index (χ1v) is 9.16. The quantitative estimate of drug-likeness (QED) is 0.727. The van der Waals surface area contributed by atoms with Gasteiger partial charge >= 0.3 is 0 Å². The smallest absolute Gasteiger partial charge is 0.241 e. The first-order chi connectivity index (χ1) is 13.3. The number of amides is 1. The molecule has 0 aliphatic carbocycles. The fraction of sp³-hybridized carbons (Fsp3) is 0.174. The minimum atomic E-state index is -0.256. The summed E-state index contributed by atoms with van der Waals surface area (Å²) in [5.41, 5.74) is 4.24. The van der Waals surface area contributed by atoms with E-state index in [-0.39, 0.29) is 11.9 Å².